The van der Waals surface area contributed by atoms with Crippen molar-refractivity contribution in [3.8, 4) is 0 Å². The summed E-state index contributed by atoms with van der Waals surface area (Å²) in [5.74, 6) is -2.91. The van der Waals surface area contributed by atoms with Gasteiger partial charge in [0.05, 0.1) is 12.6 Å². The highest BCUT2D eigenvalue weighted by Crippen LogP contribution is 2.33. The van der Waals surface area contributed by atoms with Crippen LogP contribution in [-0.2, 0) is 18.9 Å². The highest BCUT2D eigenvalue weighted by molar-refractivity contribution is 5.28. The first-order valence-electron chi connectivity index (χ1n) is 7.36. The molecule has 0 saturated carbocycles. The Morgan fingerprint density at radius 1 is 1.14 bits per heavy atom. The van der Waals surface area contributed by atoms with Gasteiger partial charge < -0.3 is 9.67 Å². The Morgan fingerprint density at radius 3 is 2.67 bits per heavy atom. The third-order valence-electron chi connectivity index (χ3n) is 4.11. The Kier molecular flexibility index (Phi) is 3.81. The summed E-state index contributed by atoms with van der Waals surface area (Å²) in [6.07, 6.45) is 6.49. The van der Waals surface area contributed by atoms with Crippen LogP contribution in [0, 0.1) is 0 Å². The number of rotatable bonds is 3. The molecule has 0 aliphatic heterocycles. The summed E-state index contributed by atoms with van der Waals surface area (Å²) in [4.78, 5) is 0. The maximum absolute atomic E-state index is 14.3. The molecule has 21 heavy (non-hydrogen) atoms. The van der Waals surface area contributed by atoms with Crippen LogP contribution in [0.1, 0.15) is 42.1 Å². The van der Waals surface area contributed by atoms with Crippen molar-refractivity contribution in [1.29, 1.82) is 0 Å². The molecule has 1 heterocycles. The van der Waals surface area contributed by atoms with E-state index in [0.29, 0.717) is 6.42 Å². The summed E-state index contributed by atoms with van der Waals surface area (Å²) in [6.45, 7) is -0.392. The lowest BCUT2D eigenvalue weighted by Crippen LogP contribution is -2.20. The third kappa shape index (κ3) is 3.00. The summed E-state index contributed by atoms with van der Waals surface area (Å²) >= 11 is 0. The number of benzene rings is 1. The minimum absolute atomic E-state index is 0.0226. The van der Waals surface area contributed by atoms with E-state index in [4.69, 9.17) is 0 Å². The smallest absolute Gasteiger partial charge is 0.290 e. The highest BCUT2D eigenvalue weighted by atomic mass is 19.3. The second-order valence-corrected chi connectivity index (χ2v) is 5.74. The Hall–Kier alpha value is -1.68. The number of alkyl halides is 2. The molecule has 1 aromatic carbocycles. The average molecular weight is 291 g/mol. The normalized spacial score (nSPS) is 19.1. The van der Waals surface area contributed by atoms with Gasteiger partial charge in [0, 0.05) is 23.5 Å². The predicted molar refractivity (Wildman–Crippen MR) is 77.3 cm³/mol. The minimum Gasteiger partial charge on any atom is -0.388 e. The summed E-state index contributed by atoms with van der Waals surface area (Å²) in [5, 5.41) is 10.1. The van der Waals surface area contributed by atoms with Crippen LogP contribution in [0.4, 0.5) is 8.78 Å². The van der Waals surface area contributed by atoms with Gasteiger partial charge in [-0.2, -0.15) is 8.78 Å². The summed E-state index contributed by atoms with van der Waals surface area (Å²) in [6, 6.07) is 7.87. The van der Waals surface area contributed by atoms with Crippen LogP contribution >= 0.6 is 0 Å². The maximum atomic E-state index is 14.3. The zero-order valence-corrected chi connectivity index (χ0v) is 11.8. The van der Waals surface area contributed by atoms with E-state index < -0.39 is 18.6 Å². The second-order valence-electron chi connectivity index (χ2n) is 5.74. The molecule has 0 spiro atoms. The quantitative estimate of drug-likeness (QED) is 0.848. The van der Waals surface area contributed by atoms with Crippen molar-refractivity contribution in [3.63, 3.8) is 0 Å². The highest BCUT2D eigenvalue weighted by Gasteiger charge is 2.32. The molecule has 1 unspecified atom stereocenters. The molecular formula is C17H19F2NO. The van der Waals surface area contributed by atoms with Crippen molar-refractivity contribution in [3.05, 3.63) is 59.4 Å². The monoisotopic (exact) mass is 291 g/mol. The zero-order chi connectivity index (χ0) is 14.9. The fraction of sp³-hybridized carbons (Fsp3) is 0.412. The molecule has 0 radical (unpaired) electrons. The molecule has 4 heteroatoms. The topological polar surface area (TPSA) is 25.2 Å². The molecule has 1 N–H and O–H groups in total. The Morgan fingerprint density at radius 2 is 1.90 bits per heavy atom. The first kappa shape index (κ1) is 14.3. The van der Waals surface area contributed by atoms with Gasteiger partial charge in [-0.3, -0.25) is 0 Å². The number of aliphatic hydroxyl groups excluding tert-OH is 1. The van der Waals surface area contributed by atoms with Crippen molar-refractivity contribution in [2.45, 2.75) is 44.3 Å². The Balaban J connectivity index is 1.84. The number of hydrogen-bond acceptors (Lipinski definition) is 1. The van der Waals surface area contributed by atoms with Gasteiger partial charge in [-0.05, 0) is 24.8 Å². The maximum Gasteiger partial charge on any atom is 0.290 e. The van der Waals surface area contributed by atoms with Crippen LogP contribution in [0.25, 0.3) is 0 Å². The molecule has 1 aliphatic carbocycles. The van der Waals surface area contributed by atoms with Gasteiger partial charge in [-0.15, -0.1) is 0 Å². The molecule has 0 saturated heterocycles. The van der Waals surface area contributed by atoms with E-state index in [0.717, 1.165) is 30.4 Å². The summed E-state index contributed by atoms with van der Waals surface area (Å²) in [7, 11) is 0. The number of halogens is 2. The molecule has 2 nitrogen and oxygen atoms in total. The van der Waals surface area contributed by atoms with Crippen molar-refractivity contribution in [2.24, 2.45) is 0 Å². The van der Waals surface area contributed by atoms with Gasteiger partial charge in [0.1, 0.15) is 0 Å². The number of aryl methyl sites for hydroxylation is 1. The van der Waals surface area contributed by atoms with Crippen LogP contribution < -0.4 is 0 Å². The van der Waals surface area contributed by atoms with E-state index in [-0.39, 0.29) is 5.56 Å². The molecule has 112 valence electrons. The third-order valence-corrected chi connectivity index (χ3v) is 4.11. The van der Waals surface area contributed by atoms with Crippen molar-refractivity contribution >= 4 is 0 Å². The Labute approximate surface area is 123 Å². The lowest BCUT2D eigenvalue weighted by atomic mass is 10.1. The van der Waals surface area contributed by atoms with Crippen molar-refractivity contribution < 1.29 is 13.9 Å². The fourth-order valence-corrected chi connectivity index (χ4v) is 2.98. The van der Waals surface area contributed by atoms with Crippen molar-refractivity contribution in [2.75, 3.05) is 0 Å². The van der Waals surface area contributed by atoms with Gasteiger partial charge in [0.2, 0.25) is 0 Å². The van der Waals surface area contributed by atoms with Crippen molar-refractivity contribution in [1.82, 2.24) is 4.57 Å². The van der Waals surface area contributed by atoms with E-state index >= 15 is 0 Å². The minimum atomic E-state index is -2.91. The van der Waals surface area contributed by atoms with Crippen LogP contribution in [0.3, 0.4) is 0 Å². The fourth-order valence-electron chi connectivity index (χ4n) is 2.98. The molecule has 2 aromatic rings. The lowest BCUT2D eigenvalue weighted by Gasteiger charge is -2.17. The lowest BCUT2D eigenvalue weighted by molar-refractivity contribution is -0.0222. The van der Waals surface area contributed by atoms with Gasteiger partial charge in [0.15, 0.2) is 0 Å². The summed E-state index contributed by atoms with van der Waals surface area (Å²) in [5.41, 5.74) is 1.84. The molecule has 0 fully saturated rings. The van der Waals surface area contributed by atoms with E-state index in [1.165, 1.54) is 16.7 Å². The first-order valence-corrected chi connectivity index (χ1v) is 7.36. The van der Waals surface area contributed by atoms with Crippen LogP contribution in [0.5, 0.6) is 0 Å². The van der Waals surface area contributed by atoms with E-state index in [9.17, 15) is 13.9 Å². The van der Waals surface area contributed by atoms with Crippen LogP contribution in [-0.4, -0.2) is 9.67 Å². The van der Waals surface area contributed by atoms with E-state index in [1.807, 2.05) is 0 Å². The van der Waals surface area contributed by atoms with Crippen LogP contribution in [0.2, 0.25) is 0 Å². The average Bonchev–Trinajstić information content (AvgIpc) is 2.78. The molecule has 0 bridgehead atoms. The molecule has 3 rings (SSSR count). The molecule has 1 atom stereocenters. The zero-order valence-electron chi connectivity index (χ0n) is 11.8. The molecule has 1 aromatic heterocycles. The van der Waals surface area contributed by atoms with Crippen LogP contribution in [0.15, 0.2) is 42.7 Å². The van der Waals surface area contributed by atoms with Gasteiger partial charge >= 0.3 is 0 Å². The molecule has 1 aliphatic rings. The number of aromatic nitrogens is 1. The SMILES string of the molecule is OC1CCCCc2cn(CC(F)(F)c3ccccc3)cc21. The predicted octanol–water partition coefficient (Wildman–Crippen LogP) is 4.04. The van der Waals surface area contributed by atoms with E-state index in [1.54, 1.807) is 30.6 Å². The van der Waals surface area contributed by atoms with Gasteiger partial charge in [0.25, 0.3) is 5.92 Å². The standard InChI is InChI=1S/C17H19F2NO/c18-17(19,14-7-2-1-3-8-14)12-20-10-13-6-4-5-9-16(21)15(13)11-20/h1-3,7-8,10-11,16,21H,4-6,9,12H2. The first-order chi connectivity index (χ1) is 10.1. The second kappa shape index (κ2) is 5.60. The number of nitrogens with zero attached hydrogens (tertiary/aromatic N) is 1. The molecule has 0 amide bonds. The largest absolute Gasteiger partial charge is 0.388 e. The number of aliphatic hydroxyl groups is 1. The van der Waals surface area contributed by atoms with E-state index in [2.05, 4.69) is 0 Å². The Bertz CT molecular complexity index is 607. The molecular weight excluding hydrogens is 272 g/mol. The van der Waals surface area contributed by atoms with Gasteiger partial charge in [-0.1, -0.05) is 36.8 Å². The summed E-state index contributed by atoms with van der Waals surface area (Å²) < 4.78 is 30.1. The van der Waals surface area contributed by atoms with Gasteiger partial charge in [-0.25, -0.2) is 0 Å². The number of hydrogen-bond donors (Lipinski definition) is 1. The number of fused-ring (bicyclic) bond motifs is 1.